The summed E-state index contributed by atoms with van der Waals surface area (Å²) in [5.74, 6) is -0.627. The van der Waals surface area contributed by atoms with Crippen LogP contribution in [0.4, 0.5) is 15.9 Å². The standard InChI is InChI=1S/C21H13FN6O4/c22-12-4-2-1-3-11(12)10-28-15(13-6-8-32-27-13)9-14(26-28)21-23-7-5-16(25-21)24-17-18(29)20(31)19(17)30/h1-9,29H,10H2,(H,23,24,25). The maximum Gasteiger partial charge on any atom is 0.271 e. The summed E-state index contributed by atoms with van der Waals surface area (Å²) in [5.41, 5.74) is -0.179. The molecule has 3 aromatic heterocycles. The molecular formula is C21H13FN6O4. The average Bonchev–Trinajstić information content (AvgIpc) is 3.48. The van der Waals surface area contributed by atoms with Gasteiger partial charge in [0.25, 0.3) is 10.9 Å². The summed E-state index contributed by atoms with van der Waals surface area (Å²) in [4.78, 5) is 31.3. The van der Waals surface area contributed by atoms with Gasteiger partial charge in [0.05, 0.1) is 12.2 Å². The highest BCUT2D eigenvalue weighted by molar-refractivity contribution is 5.69. The van der Waals surface area contributed by atoms with Gasteiger partial charge in [0, 0.05) is 17.8 Å². The number of anilines is 2. The van der Waals surface area contributed by atoms with Crippen LogP contribution in [0.25, 0.3) is 22.9 Å². The first-order chi connectivity index (χ1) is 15.5. The van der Waals surface area contributed by atoms with E-state index in [2.05, 4.69) is 25.5 Å². The number of benzene rings is 1. The quantitative estimate of drug-likeness (QED) is 0.387. The lowest BCUT2D eigenvalue weighted by Gasteiger charge is -2.08. The third-order valence-corrected chi connectivity index (χ3v) is 4.78. The molecule has 3 heterocycles. The van der Waals surface area contributed by atoms with Crippen LogP contribution in [-0.2, 0) is 6.54 Å². The Hall–Kier alpha value is -4.67. The minimum atomic E-state index is -0.953. The van der Waals surface area contributed by atoms with E-state index in [-0.39, 0.29) is 29.7 Å². The molecule has 0 radical (unpaired) electrons. The first-order valence-electron chi connectivity index (χ1n) is 9.36. The van der Waals surface area contributed by atoms with E-state index in [1.165, 1.54) is 24.6 Å². The van der Waals surface area contributed by atoms with Crippen LogP contribution in [0.15, 0.2) is 69.0 Å². The summed E-state index contributed by atoms with van der Waals surface area (Å²) in [5, 5.41) is 20.6. The normalized spacial score (nSPS) is 11.2. The Morgan fingerprint density at radius 1 is 1.09 bits per heavy atom. The second kappa shape index (κ2) is 7.54. The summed E-state index contributed by atoms with van der Waals surface area (Å²) in [6.45, 7) is 0.129. The molecule has 0 unspecified atom stereocenters. The topological polar surface area (TPSA) is 136 Å². The van der Waals surface area contributed by atoms with E-state index in [9.17, 15) is 19.1 Å². The predicted molar refractivity (Wildman–Crippen MR) is 111 cm³/mol. The number of hydrogen-bond donors (Lipinski definition) is 2. The molecule has 0 aliphatic rings. The predicted octanol–water partition coefficient (Wildman–Crippen LogP) is 2.23. The van der Waals surface area contributed by atoms with Crippen molar-refractivity contribution in [3.63, 3.8) is 0 Å². The molecule has 5 rings (SSSR count). The maximum absolute atomic E-state index is 14.2. The number of hydrogen-bond acceptors (Lipinski definition) is 9. The van der Waals surface area contributed by atoms with Crippen LogP contribution < -0.4 is 16.2 Å². The summed E-state index contributed by atoms with van der Waals surface area (Å²) in [6, 6.07) is 11.1. The van der Waals surface area contributed by atoms with Crippen LogP contribution in [0.2, 0.25) is 0 Å². The molecule has 0 bridgehead atoms. The molecule has 2 N–H and O–H groups in total. The Morgan fingerprint density at radius 3 is 2.69 bits per heavy atom. The van der Waals surface area contributed by atoms with Crippen LogP contribution >= 0.6 is 0 Å². The zero-order valence-electron chi connectivity index (χ0n) is 16.2. The fraction of sp³-hybridized carbons (Fsp3) is 0.0476. The number of aromatic nitrogens is 5. The molecule has 0 saturated heterocycles. The molecule has 32 heavy (non-hydrogen) atoms. The van der Waals surface area contributed by atoms with Crippen molar-refractivity contribution in [1.29, 1.82) is 0 Å². The van der Waals surface area contributed by atoms with E-state index in [0.29, 0.717) is 22.6 Å². The van der Waals surface area contributed by atoms with E-state index in [4.69, 9.17) is 4.52 Å². The van der Waals surface area contributed by atoms with E-state index in [0.717, 1.165) is 0 Å². The third kappa shape index (κ3) is 3.31. The molecule has 0 aliphatic heterocycles. The molecule has 0 fully saturated rings. The van der Waals surface area contributed by atoms with Gasteiger partial charge in [-0.2, -0.15) is 5.10 Å². The fourth-order valence-corrected chi connectivity index (χ4v) is 3.16. The summed E-state index contributed by atoms with van der Waals surface area (Å²) >= 11 is 0. The molecule has 2 aromatic carbocycles. The van der Waals surface area contributed by atoms with Crippen molar-refractivity contribution in [2.24, 2.45) is 0 Å². The number of nitrogens with one attached hydrogen (secondary N) is 1. The van der Waals surface area contributed by atoms with Crippen LogP contribution in [0.1, 0.15) is 5.56 Å². The molecule has 0 saturated carbocycles. The van der Waals surface area contributed by atoms with E-state index >= 15 is 0 Å². The second-order valence-electron chi connectivity index (χ2n) is 6.82. The summed E-state index contributed by atoms with van der Waals surface area (Å²) in [6.07, 6.45) is 2.84. The number of rotatable bonds is 6. The lowest BCUT2D eigenvalue weighted by molar-refractivity contribution is 0.421. The van der Waals surface area contributed by atoms with Gasteiger partial charge >= 0.3 is 0 Å². The van der Waals surface area contributed by atoms with E-state index < -0.39 is 16.6 Å². The van der Waals surface area contributed by atoms with Gasteiger partial charge in [0.2, 0.25) is 0 Å². The van der Waals surface area contributed by atoms with Crippen molar-refractivity contribution in [3.8, 4) is 28.7 Å². The van der Waals surface area contributed by atoms with Gasteiger partial charge in [-0.05, 0) is 18.2 Å². The molecule has 158 valence electrons. The van der Waals surface area contributed by atoms with Gasteiger partial charge in [-0.1, -0.05) is 23.4 Å². The van der Waals surface area contributed by atoms with E-state index in [1.54, 1.807) is 35.0 Å². The zero-order chi connectivity index (χ0) is 22.2. The largest absolute Gasteiger partial charge is 0.502 e. The van der Waals surface area contributed by atoms with Crippen LogP contribution in [0.3, 0.4) is 0 Å². The molecule has 10 nitrogen and oxygen atoms in total. The lowest BCUT2D eigenvalue weighted by atomic mass is 10.2. The molecule has 0 aliphatic carbocycles. The Balaban J connectivity index is 1.52. The van der Waals surface area contributed by atoms with Gasteiger partial charge in [-0.25, -0.2) is 14.4 Å². The Labute approximate surface area is 178 Å². The second-order valence-corrected chi connectivity index (χ2v) is 6.82. The monoisotopic (exact) mass is 432 g/mol. The molecule has 0 atom stereocenters. The van der Waals surface area contributed by atoms with Crippen LogP contribution in [0, 0.1) is 5.82 Å². The van der Waals surface area contributed by atoms with Gasteiger partial charge in [0.1, 0.15) is 35.0 Å². The first kappa shape index (κ1) is 19.3. The minimum absolute atomic E-state index is 0.129. The van der Waals surface area contributed by atoms with Gasteiger partial charge in [-0.3, -0.25) is 14.3 Å². The molecule has 5 aromatic rings. The van der Waals surface area contributed by atoms with Gasteiger partial charge in [-0.15, -0.1) is 0 Å². The molecule has 11 heteroatoms. The first-order valence-corrected chi connectivity index (χ1v) is 9.36. The lowest BCUT2D eigenvalue weighted by Crippen LogP contribution is -2.32. The van der Waals surface area contributed by atoms with Crippen molar-refractivity contribution in [2.75, 3.05) is 5.32 Å². The number of nitrogens with zero attached hydrogens (tertiary/aromatic N) is 5. The summed E-state index contributed by atoms with van der Waals surface area (Å²) < 4.78 is 20.7. The highest BCUT2D eigenvalue weighted by Crippen LogP contribution is 2.26. The van der Waals surface area contributed by atoms with Crippen LogP contribution in [0.5, 0.6) is 5.75 Å². The van der Waals surface area contributed by atoms with Crippen molar-refractivity contribution < 1.29 is 14.0 Å². The van der Waals surface area contributed by atoms with Gasteiger partial charge < -0.3 is 14.9 Å². The summed E-state index contributed by atoms with van der Waals surface area (Å²) in [7, 11) is 0. The Bertz CT molecular complexity index is 1500. The average molecular weight is 432 g/mol. The highest BCUT2D eigenvalue weighted by atomic mass is 19.1. The number of aromatic hydroxyl groups is 1. The van der Waals surface area contributed by atoms with Crippen molar-refractivity contribution in [1.82, 2.24) is 24.9 Å². The van der Waals surface area contributed by atoms with E-state index in [1.807, 2.05) is 0 Å². The molecular weight excluding hydrogens is 419 g/mol. The molecule has 0 spiro atoms. The van der Waals surface area contributed by atoms with Crippen molar-refractivity contribution in [2.45, 2.75) is 6.54 Å². The zero-order valence-corrected chi connectivity index (χ0v) is 16.2. The fourth-order valence-electron chi connectivity index (χ4n) is 3.16. The minimum Gasteiger partial charge on any atom is -0.502 e. The van der Waals surface area contributed by atoms with Crippen molar-refractivity contribution >= 4 is 11.5 Å². The molecule has 0 amide bonds. The Kier molecular flexibility index (Phi) is 4.55. The van der Waals surface area contributed by atoms with Crippen LogP contribution in [-0.4, -0.2) is 30.0 Å². The smallest absolute Gasteiger partial charge is 0.271 e. The Morgan fingerprint density at radius 2 is 1.94 bits per heavy atom. The maximum atomic E-state index is 14.2. The number of halogens is 1. The third-order valence-electron chi connectivity index (χ3n) is 4.78. The SMILES string of the molecule is O=c1c(O)c(Nc2ccnc(-c3cc(-c4ccon4)n(Cc4ccccc4F)n3)n2)c1=O. The van der Waals surface area contributed by atoms with Gasteiger partial charge in [0.15, 0.2) is 11.6 Å². The highest BCUT2D eigenvalue weighted by Gasteiger charge is 2.21. The van der Waals surface area contributed by atoms with Crippen molar-refractivity contribution in [3.05, 3.63) is 86.8 Å².